The van der Waals surface area contributed by atoms with Crippen LogP contribution in [0.4, 0.5) is 0 Å². The van der Waals surface area contributed by atoms with E-state index in [1.54, 1.807) is 11.8 Å². The van der Waals surface area contributed by atoms with Crippen molar-refractivity contribution in [2.24, 2.45) is 0 Å². The molecule has 0 aliphatic carbocycles. The molecule has 0 fully saturated rings. The molecule has 0 radical (unpaired) electrons. The predicted molar refractivity (Wildman–Crippen MR) is 118 cm³/mol. The number of benzene rings is 1. The zero-order chi connectivity index (χ0) is 21.4. The van der Waals surface area contributed by atoms with E-state index >= 15 is 0 Å². The number of amides is 1. The fraction of sp³-hybridized carbons (Fsp3) is 0.348. The number of Topliss-reactive ketones (excluding diaryl/α,β-unsaturated/α-hetero) is 1. The summed E-state index contributed by atoms with van der Waals surface area (Å²) < 4.78 is 0. The second kappa shape index (κ2) is 8.07. The Labute approximate surface area is 179 Å². The molecule has 2 aromatic heterocycles. The molecule has 0 bridgehead atoms. The first kappa shape index (κ1) is 20.3. The Bertz CT molecular complexity index is 1160. The smallest absolute Gasteiger partial charge is 0.290 e. The standard InChI is InChI=1S/C23H25N3O3S/c1-4-5-8-11-26-19(16-12-24-17-10-7-6-9-15(16)17)18(21(28)23(26)29)20(27)22-13(2)25-14(3)30-22/h6-7,9-10,12,19,24,28H,4-5,8,11H2,1-3H3. The molecule has 3 aromatic rings. The lowest BCUT2D eigenvalue weighted by Gasteiger charge is -2.26. The van der Waals surface area contributed by atoms with Gasteiger partial charge in [-0.1, -0.05) is 38.0 Å². The lowest BCUT2D eigenvalue weighted by Crippen LogP contribution is -2.32. The van der Waals surface area contributed by atoms with Crippen LogP contribution in [-0.2, 0) is 4.79 Å². The number of carbonyl (C=O) groups is 2. The van der Waals surface area contributed by atoms with Crippen LogP contribution in [0.3, 0.4) is 0 Å². The molecule has 3 heterocycles. The normalized spacial score (nSPS) is 16.8. The van der Waals surface area contributed by atoms with Crippen molar-refractivity contribution in [1.29, 1.82) is 0 Å². The highest BCUT2D eigenvalue weighted by atomic mass is 32.1. The second-order valence-electron chi connectivity index (χ2n) is 7.64. The number of hydrogen-bond donors (Lipinski definition) is 2. The topological polar surface area (TPSA) is 86.3 Å². The van der Waals surface area contributed by atoms with Gasteiger partial charge in [0.25, 0.3) is 5.91 Å². The molecular formula is C23H25N3O3S. The summed E-state index contributed by atoms with van der Waals surface area (Å²) in [6.45, 7) is 6.21. The molecule has 4 rings (SSSR count). The number of aliphatic hydroxyl groups excluding tert-OH is 1. The van der Waals surface area contributed by atoms with E-state index in [0.717, 1.165) is 40.7 Å². The third-order valence-electron chi connectivity index (χ3n) is 5.58. The average molecular weight is 424 g/mol. The van der Waals surface area contributed by atoms with Crippen molar-refractivity contribution < 1.29 is 14.7 Å². The molecule has 1 aromatic carbocycles. The number of nitrogens with zero attached hydrogens (tertiary/aromatic N) is 2. The highest BCUT2D eigenvalue weighted by Crippen LogP contribution is 2.42. The Balaban J connectivity index is 1.84. The van der Waals surface area contributed by atoms with Crippen LogP contribution in [0.25, 0.3) is 10.9 Å². The van der Waals surface area contributed by atoms with E-state index < -0.39 is 17.7 Å². The van der Waals surface area contributed by atoms with E-state index in [2.05, 4.69) is 16.9 Å². The van der Waals surface area contributed by atoms with Crippen LogP contribution in [-0.4, -0.2) is 38.2 Å². The SMILES string of the molecule is CCCCCN1C(=O)C(O)=C(C(=O)c2sc(C)nc2C)C1c1c[nH]c2ccccc12. The Morgan fingerprint density at radius 1 is 1.27 bits per heavy atom. The number of aromatic amines is 1. The Kier molecular flexibility index (Phi) is 5.47. The Morgan fingerprint density at radius 3 is 2.73 bits per heavy atom. The van der Waals surface area contributed by atoms with Gasteiger partial charge in [0.2, 0.25) is 5.78 Å². The highest BCUT2D eigenvalue weighted by Gasteiger charge is 2.45. The van der Waals surface area contributed by atoms with Crippen molar-refractivity contribution in [3.8, 4) is 0 Å². The van der Waals surface area contributed by atoms with Gasteiger partial charge in [-0.25, -0.2) is 4.98 Å². The molecular weight excluding hydrogens is 398 g/mol. The largest absolute Gasteiger partial charge is 0.503 e. The van der Waals surface area contributed by atoms with Gasteiger partial charge < -0.3 is 15.0 Å². The van der Waals surface area contributed by atoms with Crippen molar-refractivity contribution in [2.75, 3.05) is 6.54 Å². The number of fused-ring (bicyclic) bond motifs is 1. The van der Waals surface area contributed by atoms with Crippen molar-refractivity contribution in [2.45, 2.75) is 46.1 Å². The van der Waals surface area contributed by atoms with Crippen molar-refractivity contribution >= 4 is 33.9 Å². The van der Waals surface area contributed by atoms with Crippen LogP contribution in [0, 0.1) is 13.8 Å². The van der Waals surface area contributed by atoms with Crippen molar-refractivity contribution in [3.63, 3.8) is 0 Å². The van der Waals surface area contributed by atoms with Gasteiger partial charge in [0, 0.05) is 29.2 Å². The molecule has 30 heavy (non-hydrogen) atoms. The quantitative estimate of drug-likeness (QED) is 0.413. The summed E-state index contributed by atoms with van der Waals surface area (Å²) in [5.74, 6) is -1.25. The average Bonchev–Trinajstić information content (AvgIpc) is 3.37. The minimum atomic E-state index is -0.625. The second-order valence-corrected chi connectivity index (χ2v) is 8.84. The number of H-pyrrole nitrogens is 1. The lowest BCUT2D eigenvalue weighted by molar-refractivity contribution is -0.129. The Morgan fingerprint density at radius 2 is 2.03 bits per heavy atom. The van der Waals surface area contributed by atoms with Crippen LogP contribution in [0.1, 0.15) is 58.2 Å². The number of rotatable bonds is 7. The molecule has 1 aliphatic rings. The monoisotopic (exact) mass is 423 g/mol. The number of aromatic nitrogens is 2. The van der Waals surface area contributed by atoms with Crippen molar-refractivity contribution in [1.82, 2.24) is 14.9 Å². The third-order valence-corrected chi connectivity index (χ3v) is 6.65. The summed E-state index contributed by atoms with van der Waals surface area (Å²) >= 11 is 1.29. The van der Waals surface area contributed by atoms with Crippen LogP contribution < -0.4 is 0 Å². The fourth-order valence-electron chi connectivity index (χ4n) is 4.16. The van der Waals surface area contributed by atoms with E-state index in [9.17, 15) is 14.7 Å². The van der Waals surface area contributed by atoms with Gasteiger partial charge in [-0.3, -0.25) is 9.59 Å². The Hall–Kier alpha value is -2.93. The number of para-hydroxylation sites is 1. The minimum absolute atomic E-state index is 0.146. The summed E-state index contributed by atoms with van der Waals surface area (Å²) in [6, 6.07) is 7.16. The van der Waals surface area contributed by atoms with Gasteiger partial charge in [0.15, 0.2) is 5.76 Å². The zero-order valence-corrected chi connectivity index (χ0v) is 18.2. The molecule has 6 nitrogen and oxygen atoms in total. The molecule has 7 heteroatoms. The minimum Gasteiger partial charge on any atom is -0.503 e. The number of hydrogen-bond acceptors (Lipinski definition) is 5. The van der Waals surface area contributed by atoms with Gasteiger partial charge in [-0.15, -0.1) is 11.3 Å². The molecule has 156 valence electrons. The highest BCUT2D eigenvalue weighted by molar-refractivity contribution is 7.14. The summed E-state index contributed by atoms with van der Waals surface area (Å²) in [4.78, 5) is 36.2. The van der Waals surface area contributed by atoms with E-state index in [1.807, 2.05) is 37.4 Å². The third kappa shape index (κ3) is 3.33. The molecule has 1 amide bonds. The maximum Gasteiger partial charge on any atom is 0.290 e. The van der Waals surface area contributed by atoms with Crippen LogP contribution in [0.15, 0.2) is 41.8 Å². The number of thiazole rings is 1. The number of aliphatic hydroxyl groups is 1. The maximum atomic E-state index is 13.5. The van der Waals surface area contributed by atoms with Crippen LogP contribution in [0.2, 0.25) is 0 Å². The molecule has 0 saturated carbocycles. The fourth-order valence-corrected chi connectivity index (χ4v) is 5.03. The number of ketones is 1. The molecule has 1 unspecified atom stereocenters. The summed E-state index contributed by atoms with van der Waals surface area (Å²) in [6.07, 6.45) is 4.65. The summed E-state index contributed by atoms with van der Waals surface area (Å²) in [7, 11) is 0. The number of aryl methyl sites for hydroxylation is 2. The van der Waals surface area contributed by atoms with Crippen molar-refractivity contribution in [3.05, 3.63) is 62.9 Å². The first-order valence-electron chi connectivity index (χ1n) is 10.2. The molecule has 1 aliphatic heterocycles. The molecule has 1 atom stereocenters. The zero-order valence-electron chi connectivity index (χ0n) is 17.4. The summed E-state index contributed by atoms with van der Waals surface area (Å²) in [5.41, 5.74) is 2.52. The molecule has 0 spiro atoms. The predicted octanol–water partition coefficient (Wildman–Crippen LogP) is 5.01. The van der Waals surface area contributed by atoms with Crippen LogP contribution >= 0.6 is 11.3 Å². The van der Waals surface area contributed by atoms with Gasteiger partial charge in [0.05, 0.1) is 27.2 Å². The number of nitrogens with one attached hydrogen (secondary N) is 1. The maximum absolute atomic E-state index is 13.5. The molecule has 0 saturated heterocycles. The van der Waals surface area contributed by atoms with E-state index in [4.69, 9.17) is 0 Å². The van der Waals surface area contributed by atoms with Gasteiger partial charge in [-0.05, 0) is 26.3 Å². The van der Waals surface area contributed by atoms with Gasteiger partial charge in [0.1, 0.15) is 0 Å². The van der Waals surface area contributed by atoms with Gasteiger partial charge in [-0.2, -0.15) is 0 Å². The van der Waals surface area contributed by atoms with E-state index in [0.29, 0.717) is 17.1 Å². The van der Waals surface area contributed by atoms with E-state index in [-0.39, 0.29) is 11.4 Å². The van der Waals surface area contributed by atoms with Gasteiger partial charge >= 0.3 is 0 Å². The van der Waals surface area contributed by atoms with Crippen LogP contribution in [0.5, 0.6) is 0 Å². The number of carbonyl (C=O) groups excluding carboxylic acids is 2. The first-order chi connectivity index (χ1) is 14.4. The first-order valence-corrected chi connectivity index (χ1v) is 11.0. The lowest BCUT2D eigenvalue weighted by atomic mass is 9.94. The van der Waals surface area contributed by atoms with E-state index in [1.165, 1.54) is 11.3 Å². The summed E-state index contributed by atoms with van der Waals surface area (Å²) in [5, 5.41) is 12.5. The molecule has 2 N–H and O–H groups in total. The number of unbranched alkanes of at least 4 members (excludes halogenated alkanes) is 2.